The van der Waals surface area contributed by atoms with Gasteiger partial charge in [-0.2, -0.15) is 0 Å². The highest BCUT2D eigenvalue weighted by Crippen LogP contribution is 2.24. The van der Waals surface area contributed by atoms with Crippen molar-refractivity contribution in [2.24, 2.45) is 0 Å². The SMILES string of the molecule is O=C(NC1CCC(Oc2ccccc2)C1)Oc1ccccc1. The number of carbonyl (C=O) groups is 1. The first-order chi connectivity index (χ1) is 10.8. The molecule has 1 amide bonds. The zero-order chi connectivity index (χ0) is 15.2. The maximum absolute atomic E-state index is 11.9. The van der Waals surface area contributed by atoms with E-state index in [0.717, 1.165) is 25.0 Å². The van der Waals surface area contributed by atoms with E-state index in [2.05, 4.69) is 5.32 Å². The summed E-state index contributed by atoms with van der Waals surface area (Å²) in [6.45, 7) is 0. The van der Waals surface area contributed by atoms with Gasteiger partial charge in [0.2, 0.25) is 0 Å². The standard InChI is InChI=1S/C18H19NO3/c20-18(22-16-9-5-2-6-10-16)19-14-11-12-17(13-14)21-15-7-3-1-4-8-15/h1-10,14,17H,11-13H2,(H,19,20). The zero-order valence-electron chi connectivity index (χ0n) is 12.3. The number of hydrogen-bond donors (Lipinski definition) is 1. The van der Waals surface area contributed by atoms with Gasteiger partial charge >= 0.3 is 6.09 Å². The van der Waals surface area contributed by atoms with Gasteiger partial charge in [-0.05, 0) is 37.1 Å². The van der Waals surface area contributed by atoms with E-state index in [1.165, 1.54) is 0 Å². The van der Waals surface area contributed by atoms with Crippen molar-refractivity contribution in [3.63, 3.8) is 0 Å². The van der Waals surface area contributed by atoms with Crippen molar-refractivity contribution in [2.45, 2.75) is 31.4 Å². The second-order valence-electron chi connectivity index (χ2n) is 5.41. The summed E-state index contributed by atoms with van der Waals surface area (Å²) in [5.41, 5.74) is 0. The number of ether oxygens (including phenoxy) is 2. The van der Waals surface area contributed by atoms with Crippen LogP contribution in [0.2, 0.25) is 0 Å². The van der Waals surface area contributed by atoms with Gasteiger partial charge in [-0.25, -0.2) is 4.79 Å². The second-order valence-corrected chi connectivity index (χ2v) is 5.41. The third-order valence-electron chi connectivity index (χ3n) is 3.71. The maximum Gasteiger partial charge on any atom is 0.412 e. The van der Waals surface area contributed by atoms with Gasteiger partial charge in [0, 0.05) is 12.5 Å². The molecule has 0 bridgehead atoms. The van der Waals surface area contributed by atoms with Crippen LogP contribution >= 0.6 is 0 Å². The van der Waals surface area contributed by atoms with Gasteiger partial charge in [0.25, 0.3) is 0 Å². The van der Waals surface area contributed by atoms with Crippen molar-refractivity contribution in [2.75, 3.05) is 0 Å². The van der Waals surface area contributed by atoms with E-state index in [0.29, 0.717) is 5.75 Å². The molecule has 1 aliphatic carbocycles. The number of hydrogen-bond acceptors (Lipinski definition) is 3. The Morgan fingerprint density at radius 1 is 0.909 bits per heavy atom. The lowest BCUT2D eigenvalue weighted by molar-refractivity contribution is 0.190. The van der Waals surface area contributed by atoms with E-state index in [4.69, 9.17) is 9.47 Å². The van der Waals surface area contributed by atoms with Gasteiger partial charge in [0.15, 0.2) is 0 Å². The number of amides is 1. The number of para-hydroxylation sites is 2. The van der Waals surface area contributed by atoms with E-state index in [1.807, 2.05) is 48.5 Å². The minimum absolute atomic E-state index is 0.102. The average molecular weight is 297 g/mol. The quantitative estimate of drug-likeness (QED) is 0.934. The van der Waals surface area contributed by atoms with Crippen LogP contribution in [0.5, 0.6) is 11.5 Å². The molecule has 2 aromatic carbocycles. The number of rotatable bonds is 4. The summed E-state index contributed by atoms with van der Waals surface area (Å²) < 4.78 is 11.2. The predicted octanol–water partition coefficient (Wildman–Crippen LogP) is 3.78. The summed E-state index contributed by atoms with van der Waals surface area (Å²) in [7, 11) is 0. The van der Waals surface area contributed by atoms with Crippen LogP contribution < -0.4 is 14.8 Å². The summed E-state index contributed by atoms with van der Waals surface area (Å²) in [4.78, 5) is 11.9. The van der Waals surface area contributed by atoms with Crippen LogP contribution in [-0.2, 0) is 0 Å². The van der Waals surface area contributed by atoms with E-state index < -0.39 is 6.09 Å². The molecule has 0 spiro atoms. The highest BCUT2D eigenvalue weighted by molar-refractivity contribution is 5.70. The van der Waals surface area contributed by atoms with Crippen molar-refractivity contribution in [3.8, 4) is 11.5 Å². The van der Waals surface area contributed by atoms with Crippen LogP contribution in [-0.4, -0.2) is 18.2 Å². The summed E-state index contributed by atoms with van der Waals surface area (Å²) in [5.74, 6) is 1.43. The first-order valence-corrected chi connectivity index (χ1v) is 7.55. The Hall–Kier alpha value is -2.49. The smallest absolute Gasteiger partial charge is 0.412 e. The monoisotopic (exact) mass is 297 g/mol. The van der Waals surface area contributed by atoms with Crippen molar-refractivity contribution in [3.05, 3.63) is 60.7 Å². The van der Waals surface area contributed by atoms with Crippen LogP contribution in [0, 0.1) is 0 Å². The highest BCUT2D eigenvalue weighted by atomic mass is 16.6. The van der Waals surface area contributed by atoms with Crippen LogP contribution in [0.15, 0.2) is 60.7 Å². The Balaban J connectivity index is 1.46. The van der Waals surface area contributed by atoms with E-state index in [1.54, 1.807) is 12.1 Å². The third kappa shape index (κ3) is 4.01. The molecule has 2 unspecified atom stereocenters. The van der Waals surface area contributed by atoms with Crippen LogP contribution in [0.1, 0.15) is 19.3 Å². The lowest BCUT2D eigenvalue weighted by Crippen LogP contribution is -2.35. The van der Waals surface area contributed by atoms with Crippen LogP contribution in [0.3, 0.4) is 0 Å². The molecule has 4 nitrogen and oxygen atoms in total. The lowest BCUT2D eigenvalue weighted by Gasteiger charge is -2.15. The molecular formula is C18H19NO3. The molecule has 0 aromatic heterocycles. The zero-order valence-corrected chi connectivity index (χ0v) is 12.3. The second kappa shape index (κ2) is 6.98. The number of benzene rings is 2. The first-order valence-electron chi connectivity index (χ1n) is 7.55. The number of nitrogens with one attached hydrogen (secondary N) is 1. The van der Waals surface area contributed by atoms with Crippen LogP contribution in [0.25, 0.3) is 0 Å². The molecule has 1 N–H and O–H groups in total. The molecule has 1 fully saturated rings. The van der Waals surface area contributed by atoms with Gasteiger partial charge in [-0.1, -0.05) is 36.4 Å². The third-order valence-corrected chi connectivity index (χ3v) is 3.71. The summed E-state index contributed by atoms with van der Waals surface area (Å²) in [6.07, 6.45) is 2.38. The molecule has 3 rings (SSSR count). The Kier molecular flexibility index (Phi) is 4.59. The minimum atomic E-state index is -0.406. The van der Waals surface area contributed by atoms with Gasteiger partial charge in [0.05, 0.1) is 0 Å². The summed E-state index contributed by atoms with van der Waals surface area (Å²) in [5, 5.41) is 2.90. The molecule has 2 aromatic rings. The highest BCUT2D eigenvalue weighted by Gasteiger charge is 2.27. The van der Waals surface area contributed by atoms with Crippen molar-refractivity contribution >= 4 is 6.09 Å². The molecule has 0 heterocycles. The van der Waals surface area contributed by atoms with E-state index in [-0.39, 0.29) is 12.1 Å². The van der Waals surface area contributed by atoms with Gasteiger partial charge in [0.1, 0.15) is 17.6 Å². The van der Waals surface area contributed by atoms with Crippen molar-refractivity contribution < 1.29 is 14.3 Å². The van der Waals surface area contributed by atoms with Gasteiger partial charge in [-0.3, -0.25) is 0 Å². The van der Waals surface area contributed by atoms with Gasteiger partial charge in [-0.15, -0.1) is 0 Å². The molecule has 0 radical (unpaired) electrons. The van der Waals surface area contributed by atoms with E-state index in [9.17, 15) is 4.79 Å². The molecule has 22 heavy (non-hydrogen) atoms. The fraction of sp³-hybridized carbons (Fsp3) is 0.278. The Labute approximate surface area is 130 Å². The minimum Gasteiger partial charge on any atom is -0.490 e. The summed E-state index contributed by atoms with van der Waals surface area (Å²) in [6, 6.07) is 18.9. The lowest BCUT2D eigenvalue weighted by atomic mass is 10.2. The molecule has 114 valence electrons. The number of carbonyl (C=O) groups excluding carboxylic acids is 1. The molecule has 4 heteroatoms. The topological polar surface area (TPSA) is 47.6 Å². The Bertz CT molecular complexity index is 600. The first kappa shape index (κ1) is 14.4. The van der Waals surface area contributed by atoms with Crippen molar-refractivity contribution in [1.29, 1.82) is 0 Å². The largest absolute Gasteiger partial charge is 0.490 e. The maximum atomic E-state index is 11.9. The van der Waals surface area contributed by atoms with Crippen molar-refractivity contribution in [1.82, 2.24) is 5.32 Å². The molecule has 1 saturated carbocycles. The molecule has 0 saturated heterocycles. The van der Waals surface area contributed by atoms with E-state index >= 15 is 0 Å². The predicted molar refractivity (Wildman–Crippen MR) is 84.1 cm³/mol. The molecular weight excluding hydrogens is 278 g/mol. The molecule has 2 atom stereocenters. The van der Waals surface area contributed by atoms with Gasteiger partial charge < -0.3 is 14.8 Å². The molecule has 0 aliphatic heterocycles. The Morgan fingerprint density at radius 3 is 2.23 bits per heavy atom. The fourth-order valence-electron chi connectivity index (χ4n) is 2.66. The Morgan fingerprint density at radius 2 is 1.55 bits per heavy atom. The normalized spacial score (nSPS) is 20.4. The average Bonchev–Trinajstić information content (AvgIpc) is 2.96. The van der Waals surface area contributed by atoms with Crippen LogP contribution in [0.4, 0.5) is 4.79 Å². The molecule has 1 aliphatic rings. The fourth-order valence-corrected chi connectivity index (χ4v) is 2.66. The summed E-state index contributed by atoms with van der Waals surface area (Å²) >= 11 is 0.